The van der Waals surface area contributed by atoms with Crippen LogP contribution in [-0.4, -0.2) is 19.7 Å². The zero-order valence-corrected chi connectivity index (χ0v) is 10.2. The van der Waals surface area contributed by atoms with Crippen molar-refractivity contribution < 1.29 is 0 Å². The molecule has 0 saturated carbocycles. The number of nitrogens with one attached hydrogen (secondary N) is 1. The van der Waals surface area contributed by atoms with Gasteiger partial charge in [0.05, 0.1) is 5.69 Å². The summed E-state index contributed by atoms with van der Waals surface area (Å²) in [6.07, 6.45) is 0. The van der Waals surface area contributed by atoms with E-state index in [0.717, 1.165) is 5.69 Å². The maximum Gasteiger partial charge on any atom is 0.343 e. The monoisotopic (exact) mass is 251 g/mol. The Hall–Kier alpha value is -1.76. The van der Waals surface area contributed by atoms with Crippen molar-refractivity contribution in [3.8, 4) is 0 Å². The van der Waals surface area contributed by atoms with E-state index >= 15 is 0 Å². The number of rotatable bonds is 4. The Morgan fingerprint density at radius 2 is 2.35 bits per heavy atom. The molecule has 0 amide bonds. The second-order valence-corrected chi connectivity index (χ2v) is 4.34. The molecule has 0 aliphatic heterocycles. The van der Waals surface area contributed by atoms with Gasteiger partial charge >= 0.3 is 5.69 Å². The van der Waals surface area contributed by atoms with E-state index in [-0.39, 0.29) is 5.69 Å². The molecule has 6 nitrogen and oxygen atoms in total. The van der Waals surface area contributed by atoms with E-state index in [4.69, 9.17) is 5.73 Å². The molecule has 2 aromatic heterocycles. The maximum absolute atomic E-state index is 11.3. The van der Waals surface area contributed by atoms with E-state index in [1.54, 1.807) is 10.6 Å². The number of nitrogen functional groups attached to an aromatic ring is 1. The number of aromatic amines is 1. The molecule has 2 rings (SSSR count). The first-order valence-electron chi connectivity index (χ1n) is 5.20. The van der Waals surface area contributed by atoms with E-state index < -0.39 is 0 Å². The molecule has 0 saturated heterocycles. The van der Waals surface area contributed by atoms with Crippen LogP contribution in [0.25, 0.3) is 0 Å². The zero-order chi connectivity index (χ0) is 12.3. The van der Waals surface area contributed by atoms with Gasteiger partial charge in [-0.1, -0.05) is 17.8 Å². The van der Waals surface area contributed by atoms with Crippen molar-refractivity contribution >= 4 is 17.6 Å². The molecule has 0 unspecified atom stereocenters. The first-order chi connectivity index (χ1) is 8.20. The number of anilines is 1. The molecule has 0 atom stereocenters. The van der Waals surface area contributed by atoms with Crippen molar-refractivity contribution in [2.24, 2.45) is 0 Å². The van der Waals surface area contributed by atoms with Gasteiger partial charge in [-0.25, -0.2) is 14.9 Å². The highest BCUT2D eigenvalue weighted by Gasteiger charge is 2.07. The van der Waals surface area contributed by atoms with Gasteiger partial charge in [0, 0.05) is 12.3 Å². The van der Waals surface area contributed by atoms with E-state index in [0.29, 0.717) is 23.3 Å². The lowest BCUT2D eigenvalue weighted by molar-refractivity contribution is 0.660. The third kappa shape index (κ3) is 2.68. The Balaban J connectivity index is 2.10. The number of thioether (sulfide) groups is 1. The Kier molecular flexibility index (Phi) is 3.48. The van der Waals surface area contributed by atoms with Gasteiger partial charge in [0.15, 0.2) is 5.16 Å². The number of aromatic nitrogens is 4. The molecule has 2 heterocycles. The minimum atomic E-state index is -0.185. The lowest BCUT2D eigenvalue weighted by Gasteiger charge is -2.02. The Labute approximate surface area is 102 Å². The molecule has 0 aliphatic carbocycles. The molecule has 0 bridgehead atoms. The van der Waals surface area contributed by atoms with Gasteiger partial charge in [0.1, 0.15) is 5.82 Å². The van der Waals surface area contributed by atoms with Gasteiger partial charge in [0.2, 0.25) is 0 Å². The fourth-order valence-corrected chi connectivity index (χ4v) is 2.33. The molecule has 0 radical (unpaired) electrons. The van der Waals surface area contributed by atoms with Crippen molar-refractivity contribution in [2.75, 3.05) is 5.73 Å². The number of H-pyrrole nitrogens is 1. The Morgan fingerprint density at radius 3 is 3.06 bits per heavy atom. The molecule has 90 valence electrons. The zero-order valence-electron chi connectivity index (χ0n) is 9.38. The van der Waals surface area contributed by atoms with Crippen molar-refractivity contribution in [1.29, 1.82) is 0 Å². The molecule has 17 heavy (non-hydrogen) atoms. The molecule has 0 spiro atoms. The first kappa shape index (κ1) is 11.7. The summed E-state index contributed by atoms with van der Waals surface area (Å²) in [5, 5.41) is 7.05. The lowest BCUT2D eigenvalue weighted by atomic mass is 10.4. The van der Waals surface area contributed by atoms with Gasteiger partial charge in [-0.3, -0.25) is 4.57 Å². The SMILES string of the molecule is CCn1c(SCc2cccc(N)n2)n[nH]c1=O. The Morgan fingerprint density at radius 1 is 1.53 bits per heavy atom. The molecule has 0 aromatic carbocycles. The fraction of sp³-hybridized carbons (Fsp3) is 0.300. The van der Waals surface area contributed by atoms with Gasteiger partial charge in [0.25, 0.3) is 0 Å². The van der Waals surface area contributed by atoms with Crippen molar-refractivity contribution in [2.45, 2.75) is 24.4 Å². The van der Waals surface area contributed by atoms with Crippen molar-refractivity contribution in [1.82, 2.24) is 19.7 Å². The smallest absolute Gasteiger partial charge is 0.343 e. The maximum atomic E-state index is 11.3. The summed E-state index contributed by atoms with van der Waals surface area (Å²) < 4.78 is 1.58. The second kappa shape index (κ2) is 5.05. The summed E-state index contributed by atoms with van der Waals surface area (Å²) in [5.74, 6) is 1.13. The molecule has 0 aliphatic rings. The van der Waals surface area contributed by atoms with Crippen LogP contribution in [0.3, 0.4) is 0 Å². The number of hydrogen-bond donors (Lipinski definition) is 2. The third-order valence-corrected chi connectivity index (χ3v) is 3.23. The number of nitrogens with zero attached hydrogens (tertiary/aromatic N) is 3. The summed E-state index contributed by atoms with van der Waals surface area (Å²) in [5.41, 5.74) is 6.27. The second-order valence-electron chi connectivity index (χ2n) is 3.40. The fourth-order valence-electron chi connectivity index (χ4n) is 1.41. The minimum absolute atomic E-state index is 0.185. The van der Waals surface area contributed by atoms with E-state index in [2.05, 4.69) is 15.2 Å². The summed E-state index contributed by atoms with van der Waals surface area (Å²) >= 11 is 1.46. The van der Waals surface area contributed by atoms with Gasteiger partial charge in [-0.2, -0.15) is 0 Å². The average molecular weight is 251 g/mol. The highest BCUT2D eigenvalue weighted by Crippen LogP contribution is 2.18. The lowest BCUT2D eigenvalue weighted by Crippen LogP contribution is -2.16. The van der Waals surface area contributed by atoms with Crippen LogP contribution in [0, 0.1) is 0 Å². The molecule has 3 N–H and O–H groups in total. The molecular formula is C10H13N5OS. The molecular weight excluding hydrogens is 238 g/mol. The van der Waals surface area contributed by atoms with Crippen LogP contribution < -0.4 is 11.4 Å². The van der Waals surface area contributed by atoms with Crippen molar-refractivity contribution in [3.05, 3.63) is 34.4 Å². The van der Waals surface area contributed by atoms with Crippen LogP contribution >= 0.6 is 11.8 Å². The average Bonchev–Trinajstić information content (AvgIpc) is 2.67. The summed E-state index contributed by atoms with van der Waals surface area (Å²) in [7, 11) is 0. The van der Waals surface area contributed by atoms with E-state index in [1.165, 1.54) is 11.8 Å². The van der Waals surface area contributed by atoms with E-state index in [9.17, 15) is 4.79 Å². The quantitative estimate of drug-likeness (QED) is 0.787. The van der Waals surface area contributed by atoms with Crippen LogP contribution in [-0.2, 0) is 12.3 Å². The number of hydrogen-bond acceptors (Lipinski definition) is 5. The Bertz CT molecular complexity index is 562. The van der Waals surface area contributed by atoms with E-state index in [1.807, 2.05) is 19.1 Å². The summed E-state index contributed by atoms with van der Waals surface area (Å²) in [6, 6.07) is 5.49. The normalized spacial score (nSPS) is 10.6. The van der Waals surface area contributed by atoms with Crippen LogP contribution in [0.1, 0.15) is 12.6 Å². The third-order valence-electron chi connectivity index (χ3n) is 2.22. The van der Waals surface area contributed by atoms with Crippen LogP contribution in [0.5, 0.6) is 0 Å². The van der Waals surface area contributed by atoms with Gasteiger partial charge < -0.3 is 5.73 Å². The van der Waals surface area contributed by atoms with Crippen LogP contribution in [0.15, 0.2) is 28.2 Å². The summed E-state index contributed by atoms with van der Waals surface area (Å²) in [6.45, 7) is 2.50. The predicted octanol–water partition coefficient (Wildman–Crippen LogP) is 0.861. The largest absolute Gasteiger partial charge is 0.384 e. The van der Waals surface area contributed by atoms with Gasteiger partial charge in [-0.15, -0.1) is 5.10 Å². The number of nitrogens with two attached hydrogens (primary N) is 1. The predicted molar refractivity (Wildman–Crippen MR) is 66.7 cm³/mol. The first-order valence-corrected chi connectivity index (χ1v) is 6.18. The summed E-state index contributed by atoms with van der Waals surface area (Å²) in [4.78, 5) is 15.5. The van der Waals surface area contributed by atoms with Crippen LogP contribution in [0.4, 0.5) is 5.82 Å². The van der Waals surface area contributed by atoms with Gasteiger partial charge in [-0.05, 0) is 19.1 Å². The standard InChI is InChI=1S/C10H13N5OS/c1-2-15-9(16)13-14-10(15)17-6-7-4-3-5-8(11)12-7/h3-5H,2,6H2,1H3,(H2,11,12)(H,13,16). The number of pyridine rings is 1. The minimum Gasteiger partial charge on any atom is -0.384 e. The topological polar surface area (TPSA) is 89.6 Å². The molecule has 2 aromatic rings. The molecule has 7 heteroatoms. The van der Waals surface area contributed by atoms with Crippen LogP contribution in [0.2, 0.25) is 0 Å². The van der Waals surface area contributed by atoms with Crippen molar-refractivity contribution in [3.63, 3.8) is 0 Å². The highest BCUT2D eigenvalue weighted by atomic mass is 32.2. The molecule has 0 fully saturated rings. The highest BCUT2D eigenvalue weighted by molar-refractivity contribution is 7.98.